The minimum absolute atomic E-state index is 0.875. The van der Waals surface area contributed by atoms with Gasteiger partial charge in [0.1, 0.15) is 11.2 Å². The van der Waals surface area contributed by atoms with E-state index in [2.05, 4.69) is 179 Å². The standard InChI is InChI=1S/C50H30N2O/c1-2-13-33(14-3-1)52-45-19-8-6-16-39(45)43-28-35(23-26-46(43)52)51(36-22-25-41-40-17-7-9-20-47(40)53-48(41)30-36)34-21-24-38-42-18-10-12-32-27-31-11-4-5-15-37(31)50(49(32)42)44(38)29-34/h1-30H. The molecule has 3 heteroatoms. The van der Waals surface area contributed by atoms with Crippen molar-refractivity contribution in [2.75, 3.05) is 4.90 Å². The molecule has 3 nitrogen and oxygen atoms in total. The third kappa shape index (κ3) is 4.05. The molecule has 0 bridgehead atoms. The molecule has 11 aromatic rings. The van der Waals surface area contributed by atoms with Crippen LogP contribution in [0.5, 0.6) is 0 Å². The van der Waals surface area contributed by atoms with Crippen LogP contribution in [0.2, 0.25) is 0 Å². The number of aromatic nitrogens is 1. The van der Waals surface area contributed by atoms with E-state index in [4.69, 9.17) is 4.42 Å². The molecule has 2 heterocycles. The molecule has 246 valence electrons. The highest BCUT2D eigenvalue weighted by Gasteiger charge is 2.26. The van der Waals surface area contributed by atoms with Gasteiger partial charge in [0.05, 0.1) is 11.0 Å². The lowest BCUT2D eigenvalue weighted by Crippen LogP contribution is -2.10. The molecule has 1 aliphatic rings. The van der Waals surface area contributed by atoms with Crippen molar-refractivity contribution in [3.63, 3.8) is 0 Å². The quantitative estimate of drug-likeness (QED) is 0.173. The maximum atomic E-state index is 6.47. The number of fused-ring (bicyclic) bond motifs is 11. The lowest BCUT2D eigenvalue weighted by molar-refractivity contribution is 0.669. The molecule has 9 aromatic carbocycles. The van der Waals surface area contributed by atoms with Crippen molar-refractivity contribution >= 4 is 82.4 Å². The Morgan fingerprint density at radius 3 is 1.98 bits per heavy atom. The van der Waals surface area contributed by atoms with E-state index in [9.17, 15) is 0 Å². The molecule has 0 spiro atoms. The van der Waals surface area contributed by atoms with Crippen molar-refractivity contribution in [2.45, 2.75) is 0 Å². The van der Waals surface area contributed by atoms with E-state index in [0.29, 0.717) is 0 Å². The number of anilines is 3. The molecule has 2 aromatic heterocycles. The predicted octanol–water partition coefficient (Wildman–Crippen LogP) is 14.1. The van der Waals surface area contributed by atoms with Crippen LogP contribution in [0.25, 0.3) is 93.2 Å². The Balaban J connectivity index is 1.12. The third-order valence-corrected chi connectivity index (χ3v) is 11.3. The highest BCUT2D eigenvalue weighted by molar-refractivity contribution is 6.24. The summed E-state index contributed by atoms with van der Waals surface area (Å²) in [6.07, 6.45) is 0. The monoisotopic (exact) mass is 674 g/mol. The Hall–Kier alpha value is -7.10. The number of nitrogens with zero attached hydrogens (tertiary/aromatic N) is 2. The Morgan fingerprint density at radius 2 is 1.06 bits per heavy atom. The third-order valence-electron chi connectivity index (χ3n) is 11.3. The molecule has 12 rings (SSSR count). The summed E-state index contributed by atoms with van der Waals surface area (Å²) in [5.41, 5.74) is 13.7. The Morgan fingerprint density at radius 1 is 0.377 bits per heavy atom. The molecule has 0 N–H and O–H groups in total. The predicted molar refractivity (Wildman–Crippen MR) is 222 cm³/mol. The van der Waals surface area contributed by atoms with Crippen molar-refractivity contribution in [3.05, 3.63) is 182 Å². The zero-order chi connectivity index (χ0) is 34.6. The summed E-state index contributed by atoms with van der Waals surface area (Å²) in [5.74, 6) is 0. The fourth-order valence-electron chi connectivity index (χ4n) is 9.00. The van der Waals surface area contributed by atoms with Crippen LogP contribution in [0.15, 0.2) is 186 Å². The fourth-order valence-corrected chi connectivity index (χ4v) is 9.00. The van der Waals surface area contributed by atoms with Crippen molar-refractivity contribution in [3.8, 4) is 27.9 Å². The normalized spacial score (nSPS) is 12.2. The van der Waals surface area contributed by atoms with Crippen LogP contribution in [0.3, 0.4) is 0 Å². The maximum Gasteiger partial charge on any atom is 0.137 e. The Kier molecular flexibility index (Phi) is 5.77. The fraction of sp³-hybridized carbons (Fsp3) is 0. The molecule has 0 aliphatic heterocycles. The van der Waals surface area contributed by atoms with Crippen LogP contribution in [0, 0.1) is 0 Å². The van der Waals surface area contributed by atoms with E-state index in [1.807, 2.05) is 12.1 Å². The van der Waals surface area contributed by atoms with Crippen molar-refractivity contribution in [2.24, 2.45) is 0 Å². The first-order valence-corrected chi connectivity index (χ1v) is 18.2. The van der Waals surface area contributed by atoms with Gasteiger partial charge in [0, 0.05) is 50.4 Å². The van der Waals surface area contributed by atoms with Gasteiger partial charge >= 0.3 is 0 Å². The molecule has 1 aliphatic carbocycles. The zero-order valence-electron chi connectivity index (χ0n) is 28.6. The summed E-state index contributed by atoms with van der Waals surface area (Å²) >= 11 is 0. The van der Waals surface area contributed by atoms with Gasteiger partial charge in [0.15, 0.2) is 0 Å². The number of rotatable bonds is 4. The first kappa shape index (κ1) is 28.6. The second kappa shape index (κ2) is 10.7. The highest BCUT2D eigenvalue weighted by atomic mass is 16.3. The first-order valence-electron chi connectivity index (χ1n) is 18.2. The topological polar surface area (TPSA) is 21.3 Å². The van der Waals surface area contributed by atoms with Gasteiger partial charge < -0.3 is 13.9 Å². The Labute approximate surface area is 305 Å². The SMILES string of the molecule is c1ccc(-n2c3ccccc3c3cc(N(c4ccc5c(c4)-c4c6ccccc6cc6cccc-5c46)c4ccc5c(c4)oc4ccccc45)ccc32)cc1. The molecule has 53 heavy (non-hydrogen) atoms. The number of hydrogen-bond donors (Lipinski definition) is 0. The minimum Gasteiger partial charge on any atom is -0.456 e. The van der Waals surface area contributed by atoms with Gasteiger partial charge in [-0.3, -0.25) is 0 Å². The first-order chi connectivity index (χ1) is 26.3. The second-order valence-corrected chi connectivity index (χ2v) is 14.1. The summed E-state index contributed by atoms with van der Waals surface area (Å²) in [7, 11) is 0. The Bertz CT molecular complexity index is 3290. The summed E-state index contributed by atoms with van der Waals surface area (Å²) in [6.45, 7) is 0. The van der Waals surface area contributed by atoms with Crippen LogP contribution in [-0.2, 0) is 0 Å². The zero-order valence-corrected chi connectivity index (χ0v) is 28.6. The van der Waals surface area contributed by atoms with Crippen molar-refractivity contribution in [1.82, 2.24) is 4.57 Å². The molecule has 0 radical (unpaired) electrons. The molecule has 0 saturated heterocycles. The average molecular weight is 675 g/mol. The van der Waals surface area contributed by atoms with Crippen LogP contribution in [0.1, 0.15) is 0 Å². The molecular formula is C50H30N2O. The summed E-state index contributed by atoms with van der Waals surface area (Å²) < 4.78 is 8.84. The summed E-state index contributed by atoms with van der Waals surface area (Å²) in [5, 5.41) is 9.85. The number of furan rings is 1. The van der Waals surface area contributed by atoms with E-state index in [1.165, 1.54) is 65.6 Å². The lowest BCUT2D eigenvalue weighted by atomic mass is 9.95. The average Bonchev–Trinajstić information content (AvgIpc) is 3.87. The van der Waals surface area contributed by atoms with Gasteiger partial charge in [0.2, 0.25) is 0 Å². The number of para-hydroxylation sites is 3. The summed E-state index contributed by atoms with van der Waals surface area (Å²) in [6, 6.07) is 66.1. The molecule has 0 amide bonds. The largest absolute Gasteiger partial charge is 0.456 e. The smallest absolute Gasteiger partial charge is 0.137 e. The maximum absolute atomic E-state index is 6.47. The van der Waals surface area contributed by atoms with E-state index >= 15 is 0 Å². The van der Waals surface area contributed by atoms with Gasteiger partial charge in [-0.25, -0.2) is 0 Å². The van der Waals surface area contributed by atoms with Gasteiger partial charge in [-0.05, 0) is 117 Å². The van der Waals surface area contributed by atoms with Gasteiger partial charge in [-0.1, -0.05) is 103 Å². The van der Waals surface area contributed by atoms with E-state index in [1.54, 1.807) is 0 Å². The van der Waals surface area contributed by atoms with Gasteiger partial charge in [-0.2, -0.15) is 0 Å². The molecule has 0 saturated carbocycles. The lowest BCUT2D eigenvalue weighted by Gasteiger charge is -2.26. The molecule has 0 unspecified atom stereocenters. The van der Waals surface area contributed by atoms with Crippen LogP contribution < -0.4 is 4.90 Å². The van der Waals surface area contributed by atoms with Crippen LogP contribution in [-0.4, -0.2) is 4.57 Å². The van der Waals surface area contributed by atoms with Crippen LogP contribution in [0.4, 0.5) is 17.1 Å². The van der Waals surface area contributed by atoms with Gasteiger partial charge in [0.25, 0.3) is 0 Å². The van der Waals surface area contributed by atoms with Crippen LogP contribution >= 0.6 is 0 Å². The number of benzene rings is 9. The van der Waals surface area contributed by atoms with Crippen molar-refractivity contribution < 1.29 is 4.42 Å². The van der Waals surface area contributed by atoms with E-state index in [-0.39, 0.29) is 0 Å². The molecular weight excluding hydrogens is 645 g/mol. The van der Waals surface area contributed by atoms with Crippen molar-refractivity contribution in [1.29, 1.82) is 0 Å². The van der Waals surface area contributed by atoms with E-state index < -0.39 is 0 Å². The molecule has 0 atom stereocenters. The second-order valence-electron chi connectivity index (χ2n) is 14.1. The number of hydrogen-bond acceptors (Lipinski definition) is 2. The van der Waals surface area contributed by atoms with E-state index in [0.717, 1.165) is 44.7 Å². The highest BCUT2D eigenvalue weighted by Crippen LogP contribution is 2.52. The van der Waals surface area contributed by atoms with Gasteiger partial charge in [-0.15, -0.1) is 0 Å². The molecule has 0 fully saturated rings. The summed E-state index contributed by atoms with van der Waals surface area (Å²) in [4.78, 5) is 2.40. The minimum atomic E-state index is 0.875.